The van der Waals surface area contributed by atoms with Crippen LogP contribution in [0.15, 0.2) is 35.0 Å². The van der Waals surface area contributed by atoms with E-state index in [1.807, 2.05) is 11.4 Å². The number of hydrogen-bond donors (Lipinski definition) is 1. The number of halogens is 1. The summed E-state index contributed by atoms with van der Waals surface area (Å²) in [6.07, 6.45) is 1.88. The summed E-state index contributed by atoms with van der Waals surface area (Å²) < 4.78 is 0. The summed E-state index contributed by atoms with van der Waals surface area (Å²) in [4.78, 5) is 24.5. The molecule has 0 spiro atoms. The number of carbonyl (C=O) groups excluding carboxylic acids is 1. The highest BCUT2D eigenvalue weighted by Gasteiger charge is 2.30. The number of non-ortho nitro benzene ring substituents is 1. The van der Waals surface area contributed by atoms with Gasteiger partial charge >= 0.3 is 6.03 Å². The van der Waals surface area contributed by atoms with Crippen LogP contribution >= 0.6 is 22.9 Å². The largest absolute Gasteiger partial charge is 0.322 e. The number of likely N-dealkylation sites (tertiary alicyclic amines) is 1. The normalized spacial score (nSPS) is 17.3. The van der Waals surface area contributed by atoms with Crippen LogP contribution in [0.2, 0.25) is 5.02 Å². The molecule has 120 valence electrons. The summed E-state index contributed by atoms with van der Waals surface area (Å²) in [6, 6.07) is 5.86. The molecule has 1 atom stereocenters. The van der Waals surface area contributed by atoms with Crippen LogP contribution < -0.4 is 5.32 Å². The van der Waals surface area contributed by atoms with Crippen LogP contribution in [0.5, 0.6) is 0 Å². The molecule has 1 fully saturated rings. The SMILES string of the molecule is O=C(Nc1ccc([N+](=O)[O-])cc1Cl)N1CCCC1c1ccsc1. The van der Waals surface area contributed by atoms with Crippen molar-refractivity contribution < 1.29 is 9.72 Å². The fourth-order valence-corrected chi connectivity index (χ4v) is 3.66. The van der Waals surface area contributed by atoms with Gasteiger partial charge in [-0.1, -0.05) is 11.6 Å². The van der Waals surface area contributed by atoms with Crippen LogP contribution in [0.25, 0.3) is 0 Å². The number of anilines is 1. The van der Waals surface area contributed by atoms with Gasteiger partial charge in [0, 0.05) is 18.7 Å². The zero-order valence-electron chi connectivity index (χ0n) is 12.1. The van der Waals surface area contributed by atoms with Crippen molar-refractivity contribution in [3.05, 3.63) is 55.7 Å². The Morgan fingerprint density at radius 1 is 1.43 bits per heavy atom. The van der Waals surface area contributed by atoms with Gasteiger partial charge in [0.2, 0.25) is 0 Å². The second-order valence-corrected chi connectivity index (χ2v) is 6.45. The van der Waals surface area contributed by atoms with Crippen LogP contribution in [-0.4, -0.2) is 22.4 Å². The van der Waals surface area contributed by atoms with Crippen LogP contribution in [0.1, 0.15) is 24.4 Å². The first-order valence-corrected chi connectivity index (χ1v) is 8.42. The lowest BCUT2D eigenvalue weighted by molar-refractivity contribution is -0.384. The number of amides is 2. The number of nitro groups is 1. The molecule has 3 rings (SSSR count). The maximum atomic E-state index is 12.5. The molecule has 8 heteroatoms. The van der Waals surface area contributed by atoms with Gasteiger partial charge in [-0.3, -0.25) is 10.1 Å². The van der Waals surface area contributed by atoms with E-state index in [4.69, 9.17) is 11.6 Å². The summed E-state index contributed by atoms with van der Waals surface area (Å²) in [5, 5.41) is 17.7. The molecule has 1 unspecified atom stereocenters. The number of urea groups is 1. The van der Waals surface area contributed by atoms with E-state index >= 15 is 0 Å². The number of benzene rings is 1. The average molecular weight is 352 g/mol. The molecule has 2 amide bonds. The first-order valence-electron chi connectivity index (χ1n) is 7.10. The Labute approximate surface area is 141 Å². The highest BCUT2D eigenvalue weighted by molar-refractivity contribution is 7.08. The molecule has 0 bridgehead atoms. The van der Waals surface area contributed by atoms with Crippen LogP contribution in [0.3, 0.4) is 0 Å². The van der Waals surface area contributed by atoms with E-state index in [1.54, 1.807) is 16.2 Å². The summed E-state index contributed by atoms with van der Waals surface area (Å²) in [7, 11) is 0. The predicted octanol–water partition coefficient (Wildman–Crippen LogP) is 4.68. The zero-order chi connectivity index (χ0) is 16.4. The second-order valence-electron chi connectivity index (χ2n) is 5.26. The standard InChI is InChI=1S/C15H14ClN3O3S/c16-12-8-11(19(21)22)3-4-13(12)17-15(20)18-6-1-2-14(18)10-5-7-23-9-10/h3-5,7-9,14H,1-2,6H2,(H,17,20). The van der Waals surface area contributed by atoms with Gasteiger partial charge in [-0.2, -0.15) is 11.3 Å². The van der Waals surface area contributed by atoms with Crippen LogP contribution in [0, 0.1) is 10.1 Å². The van der Waals surface area contributed by atoms with E-state index in [0.29, 0.717) is 12.2 Å². The minimum Gasteiger partial charge on any atom is -0.317 e. The smallest absolute Gasteiger partial charge is 0.317 e. The van der Waals surface area contributed by atoms with E-state index < -0.39 is 4.92 Å². The number of nitro benzene ring substituents is 1. The number of hydrogen-bond acceptors (Lipinski definition) is 4. The van der Waals surface area contributed by atoms with Gasteiger partial charge in [-0.05, 0) is 41.3 Å². The molecule has 1 aliphatic heterocycles. The van der Waals surface area contributed by atoms with Crippen molar-refractivity contribution in [2.75, 3.05) is 11.9 Å². The molecule has 1 N–H and O–H groups in total. The van der Waals surface area contributed by atoms with Gasteiger partial charge in [-0.25, -0.2) is 4.79 Å². The molecule has 0 radical (unpaired) electrons. The van der Waals surface area contributed by atoms with Crippen LogP contribution in [0.4, 0.5) is 16.2 Å². The first-order chi connectivity index (χ1) is 11.1. The second kappa shape index (κ2) is 6.55. The highest BCUT2D eigenvalue weighted by Crippen LogP contribution is 2.34. The van der Waals surface area contributed by atoms with Crippen molar-refractivity contribution >= 4 is 40.3 Å². The molecule has 6 nitrogen and oxygen atoms in total. The molecule has 1 aromatic heterocycles. The van der Waals surface area contributed by atoms with E-state index in [1.165, 1.54) is 18.2 Å². The van der Waals surface area contributed by atoms with Gasteiger partial charge in [-0.15, -0.1) is 0 Å². The molecule has 1 saturated heterocycles. The van der Waals surface area contributed by atoms with E-state index in [0.717, 1.165) is 18.4 Å². The Kier molecular flexibility index (Phi) is 4.49. The van der Waals surface area contributed by atoms with E-state index in [2.05, 4.69) is 10.7 Å². The molecule has 1 aliphatic rings. The van der Waals surface area contributed by atoms with Crippen molar-refractivity contribution in [1.82, 2.24) is 4.90 Å². The van der Waals surface area contributed by atoms with Gasteiger partial charge in [0.1, 0.15) is 0 Å². The number of rotatable bonds is 3. The van der Waals surface area contributed by atoms with Crippen molar-refractivity contribution in [2.45, 2.75) is 18.9 Å². The summed E-state index contributed by atoms with van der Waals surface area (Å²) in [6.45, 7) is 0.678. The molecule has 2 aromatic rings. The van der Waals surface area contributed by atoms with Gasteiger partial charge in [0.25, 0.3) is 5.69 Å². The number of nitrogens with zero attached hydrogens (tertiary/aromatic N) is 2. The van der Waals surface area contributed by atoms with E-state index in [9.17, 15) is 14.9 Å². The Balaban J connectivity index is 1.75. The van der Waals surface area contributed by atoms with Gasteiger partial charge in [0.15, 0.2) is 0 Å². The van der Waals surface area contributed by atoms with Crippen molar-refractivity contribution in [1.29, 1.82) is 0 Å². The molecule has 1 aromatic carbocycles. The van der Waals surface area contributed by atoms with Crippen molar-refractivity contribution in [3.63, 3.8) is 0 Å². The Hall–Kier alpha value is -2.12. The zero-order valence-corrected chi connectivity index (χ0v) is 13.6. The van der Waals surface area contributed by atoms with Gasteiger partial charge < -0.3 is 10.2 Å². The Morgan fingerprint density at radius 2 is 2.26 bits per heavy atom. The molecular formula is C15H14ClN3O3S. The Bertz CT molecular complexity index is 736. The number of thiophene rings is 1. The first kappa shape index (κ1) is 15.8. The minimum absolute atomic E-state index is 0.0677. The predicted molar refractivity (Wildman–Crippen MR) is 90.1 cm³/mol. The van der Waals surface area contributed by atoms with Gasteiger partial charge in [0.05, 0.1) is 21.7 Å². The lowest BCUT2D eigenvalue weighted by Gasteiger charge is -2.24. The van der Waals surface area contributed by atoms with Crippen molar-refractivity contribution in [2.24, 2.45) is 0 Å². The van der Waals surface area contributed by atoms with Crippen LogP contribution in [-0.2, 0) is 0 Å². The molecule has 2 heterocycles. The lowest BCUT2D eigenvalue weighted by Crippen LogP contribution is -2.34. The third-order valence-corrected chi connectivity index (χ3v) is 4.86. The summed E-state index contributed by atoms with van der Waals surface area (Å²) in [5.41, 5.74) is 1.40. The Morgan fingerprint density at radius 3 is 2.91 bits per heavy atom. The molecular weight excluding hydrogens is 338 g/mol. The third-order valence-electron chi connectivity index (χ3n) is 3.85. The fraction of sp³-hybridized carbons (Fsp3) is 0.267. The lowest BCUT2D eigenvalue weighted by atomic mass is 10.1. The maximum absolute atomic E-state index is 12.5. The summed E-state index contributed by atoms with van der Waals surface area (Å²) in [5.74, 6) is 0. The monoisotopic (exact) mass is 351 g/mol. The quantitative estimate of drug-likeness (QED) is 0.644. The molecule has 23 heavy (non-hydrogen) atoms. The van der Waals surface area contributed by atoms with Crippen molar-refractivity contribution in [3.8, 4) is 0 Å². The number of nitrogens with one attached hydrogen (secondary N) is 1. The minimum atomic E-state index is -0.523. The summed E-state index contributed by atoms with van der Waals surface area (Å²) >= 11 is 7.63. The average Bonchev–Trinajstić information content (AvgIpc) is 3.19. The molecule has 0 saturated carbocycles. The highest BCUT2D eigenvalue weighted by atomic mass is 35.5. The number of carbonyl (C=O) groups is 1. The van der Waals surface area contributed by atoms with E-state index in [-0.39, 0.29) is 22.8 Å². The topological polar surface area (TPSA) is 75.5 Å². The molecule has 0 aliphatic carbocycles. The maximum Gasteiger partial charge on any atom is 0.322 e. The third kappa shape index (κ3) is 3.30. The fourth-order valence-electron chi connectivity index (χ4n) is 2.73.